The smallest absolute Gasteiger partial charge is 0.232 e. The van der Waals surface area contributed by atoms with Gasteiger partial charge in [0, 0.05) is 11.6 Å². The summed E-state index contributed by atoms with van der Waals surface area (Å²) in [6.45, 7) is 2.20. The van der Waals surface area contributed by atoms with Crippen molar-refractivity contribution in [2.24, 2.45) is 0 Å². The highest BCUT2D eigenvalue weighted by atomic mass is 16.2. The number of amides is 1. The Bertz CT molecular complexity index is 620. The summed E-state index contributed by atoms with van der Waals surface area (Å²) >= 11 is 0. The number of nitrogens with one attached hydrogen (secondary N) is 1. The average molecular weight is 279 g/mol. The van der Waals surface area contributed by atoms with E-state index < -0.39 is 0 Å². The van der Waals surface area contributed by atoms with Gasteiger partial charge in [-0.3, -0.25) is 4.79 Å². The zero-order valence-electron chi connectivity index (χ0n) is 12.4. The summed E-state index contributed by atoms with van der Waals surface area (Å²) < 4.78 is 0. The van der Waals surface area contributed by atoms with E-state index >= 15 is 0 Å². The third-order valence-corrected chi connectivity index (χ3v) is 4.33. The molecule has 2 atom stereocenters. The number of benzene rings is 2. The lowest BCUT2D eigenvalue weighted by molar-refractivity contribution is -0.118. The molecule has 21 heavy (non-hydrogen) atoms. The molecule has 0 unspecified atom stereocenters. The molecule has 0 aliphatic carbocycles. The highest BCUT2D eigenvalue weighted by Gasteiger charge is 2.35. The minimum Gasteiger partial charge on any atom is -0.325 e. The van der Waals surface area contributed by atoms with E-state index in [4.69, 9.17) is 0 Å². The molecule has 3 rings (SSSR count). The van der Waals surface area contributed by atoms with Crippen LogP contribution in [0.5, 0.6) is 0 Å². The standard InChI is InChI=1S/C19H21NO/c1-2-3-11-16-15-12-7-8-13-17(15)20-19(21)18(16)14-9-5-4-6-10-14/h4-10,12-13,16,18H,2-3,11H2,1H3,(H,20,21)/t16-,18+/m0/s1. The molecule has 0 spiro atoms. The molecule has 0 saturated heterocycles. The number of hydrogen-bond acceptors (Lipinski definition) is 1. The van der Waals surface area contributed by atoms with Gasteiger partial charge >= 0.3 is 0 Å². The number of hydrogen-bond donors (Lipinski definition) is 1. The predicted molar refractivity (Wildman–Crippen MR) is 86.5 cm³/mol. The van der Waals surface area contributed by atoms with Crippen LogP contribution in [0.2, 0.25) is 0 Å². The Hall–Kier alpha value is -2.09. The minimum absolute atomic E-state index is 0.0763. The van der Waals surface area contributed by atoms with Crippen LogP contribution >= 0.6 is 0 Å². The van der Waals surface area contributed by atoms with Gasteiger partial charge in [0.05, 0.1) is 5.92 Å². The third kappa shape index (κ3) is 2.71. The molecule has 0 fully saturated rings. The van der Waals surface area contributed by atoms with Crippen molar-refractivity contribution in [1.29, 1.82) is 0 Å². The van der Waals surface area contributed by atoms with E-state index in [-0.39, 0.29) is 17.7 Å². The van der Waals surface area contributed by atoms with Crippen LogP contribution in [0.1, 0.15) is 49.1 Å². The Morgan fingerprint density at radius 2 is 1.71 bits per heavy atom. The zero-order valence-corrected chi connectivity index (χ0v) is 12.4. The molecule has 0 radical (unpaired) electrons. The fraction of sp³-hybridized carbons (Fsp3) is 0.316. The topological polar surface area (TPSA) is 29.1 Å². The first kappa shape index (κ1) is 13.9. The van der Waals surface area contributed by atoms with E-state index in [2.05, 4.69) is 36.5 Å². The fourth-order valence-corrected chi connectivity index (χ4v) is 3.30. The SMILES string of the molecule is CCCC[C@H]1c2ccccc2NC(=O)[C@@H]1c1ccccc1. The van der Waals surface area contributed by atoms with Crippen LogP contribution < -0.4 is 5.32 Å². The summed E-state index contributed by atoms with van der Waals surface area (Å²) in [5.74, 6) is 0.325. The quantitative estimate of drug-likeness (QED) is 0.863. The van der Waals surface area contributed by atoms with Crippen LogP contribution in [0.4, 0.5) is 5.69 Å². The molecule has 2 heteroatoms. The second-order valence-corrected chi connectivity index (χ2v) is 5.71. The number of para-hydroxylation sites is 1. The number of rotatable bonds is 4. The molecule has 2 nitrogen and oxygen atoms in total. The molecule has 0 aromatic heterocycles. The normalized spacial score (nSPS) is 20.7. The van der Waals surface area contributed by atoms with Gasteiger partial charge in [0.1, 0.15) is 0 Å². The van der Waals surface area contributed by atoms with E-state index in [1.54, 1.807) is 0 Å². The van der Waals surface area contributed by atoms with Crippen LogP contribution in [-0.2, 0) is 4.79 Å². The van der Waals surface area contributed by atoms with Crippen molar-refractivity contribution in [2.45, 2.75) is 38.0 Å². The zero-order chi connectivity index (χ0) is 14.7. The molecule has 108 valence electrons. The van der Waals surface area contributed by atoms with Crippen LogP contribution in [0, 0.1) is 0 Å². The van der Waals surface area contributed by atoms with Crippen LogP contribution in [0.3, 0.4) is 0 Å². The molecule has 2 aromatic carbocycles. The van der Waals surface area contributed by atoms with Crippen molar-refractivity contribution in [3.05, 3.63) is 65.7 Å². The van der Waals surface area contributed by atoms with E-state index in [1.807, 2.05) is 30.3 Å². The minimum atomic E-state index is -0.0763. The van der Waals surface area contributed by atoms with Crippen molar-refractivity contribution >= 4 is 11.6 Å². The highest BCUT2D eigenvalue weighted by Crippen LogP contribution is 2.43. The molecule has 1 amide bonds. The molecule has 0 saturated carbocycles. The second kappa shape index (κ2) is 6.13. The van der Waals surface area contributed by atoms with Gasteiger partial charge in [-0.05, 0) is 23.6 Å². The van der Waals surface area contributed by atoms with Crippen molar-refractivity contribution in [2.75, 3.05) is 5.32 Å². The highest BCUT2D eigenvalue weighted by molar-refractivity contribution is 5.99. The van der Waals surface area contributed by atoms with Gasteiger partial charge in [-0.2, -0.15) is 0 Å². The molecular weight excluding hydrogens is 258 g/mol. The van der Waals surface area contributed by atoms with E-state index in [9.17, 15) is 4.79 Å². The van der Waals surface area contributed by atoms with E-state index in [1.165, 1.54) is 5.56 Å². The summed E-state index contributed by atoms with van der Waals surface area (Å²) in [4.78, 5) is 12.6. The first-order valence-electron chi connectivity index (χ1n) is 7.76. The first-order chi connectivity index (χ1) is 10.3. The summed E-state index contributed by atoms with van der Waals surface area (Å²) in [7, 11) is 0. The van der Waals surface area contributed by atoms with Gasteiger partial charge in [0.15, 0.2) is 0 Å². The molecule has 2 aromatic rings. The molecule has 1 N–H and O–H groups in total. The average Bonchev–Trinajstić information content (AvgIpc) is 2.53. The van der Waals surface area contributed by atoms with Crippen molar-refractivity contribution in [1.82, 2.24) is 0 Å². The Balaban J connectivity index is 2.03. The number of unbranched alkanes of at least 4 members (excludes halogenated alkanes) is 1. The van der Waals surface area contributed by atoms with Crippen molar-refractivity contribution in [3.63, 3.8) is 0 Å². The number of carbonyl (C=O) groups is 1. The third-order valence-electron chi connectivity index (χ3n) is 4.33. The van der Waals surface area contributed by atoms with Gasteiger partial charge in [-0.1, -0.05) is 68.3 Å². The lowest BCUT2D eigenvalue weighted by atomic mass is 9.75. The van der Waals surface area contributed by atoms with E-state index in [0.717, 1.165) is 30.5 Å². The summed E-state index contributed by atoms with van der Waals surface area (Å²) in [5, 5.41) is 3.08. The molecular formula is C19H21NO. The molecule has 1 aliphatic rings. The Kier molecular flexibility index (Phi) is 4.05. The lowest BCUT2D eigenvalue weighted by Gasteiger charge is -2.33. The maximum Gasteiger partial charge on any atom is 0.232 e. The number of fused-ring (bicyclic) bond motifs is 1. The number of anilines is 1. The molecule has 0 bridgehead atoms. The van der Waals surface area contributed by atoms with Gasteiger partial charge in [0.25, 0.3) is 0 Å². The van der Waals surface area contributed by atoms with Gasteiger partial charge in [0.2, 0.25) is 5.91 Å². The first-order valence-corrected chi connectivity index (χ1v) is 7.76. The van der Waals surface area contributed by atoms with Crippen molar-refractivity contribution < 1.29 is 4.79 Å². The largest absolute Gasteiger partial charge is 0.325 e. The number of carbonyl (C=O) groups excluding carboxylic acids is 1. The van der Waals surface area contributed by atoms with Gasteiger partial charge in [-0.25, -0.2) is 0 Å². The Labute approximate surface area is 126 Å². The Morgan fingerprint density at radius 3 is 2.48 bits per heavy atom. The van der Waals surface area contributed by atoms with Crippen LogP contribution in [-0.4, -0.2) is 5.91 Å². The maximum absolute atomic E-state index is 12.6. The van der Waals surface area contributed by atoms with Gasteiger partial charge in [-0.15, -0.1) is 0 Å². The second-order valence-electron chi connectivity index (χ2n) is 5.71. The summed E-state index contributed by atoms with van der Waals surface area (Å²) in [6.07, 6.45) is 3.36. The summed E-state index contributed by atoms with van der Waals surface area (Å²) in [6, 6.07) is 18.4. The fourth-order valence-electron chi connectivity index (χ4n) is 3.30. The predicted octanol–water partition coefficient (Wildman–Crippen LogP) is 4.70. The van der Waals surface area contributed by atoms with Crippen LogP contribution in [0.15, 0.2) is 54.6 Å². The van der Waals surface area contributed by atoms with Gasteiger partial charge < -0.3 is 5.32 Å². The van der Waals surface area contributed by atoms with Crippen molar-refractivity contribution in [3.8, 4) is 0 Å². The molecule has 1 aliphatic heterocycles. The monoisotopic (exact) mass is 279 g/mol. The molecule has 1 heterocycles. The van der Waals surface area contributed by atoms with E-state index in [0.29, 0.717) is 0 Å². The summed E-state index contributed by atoms with van der Waals surface area (Å²) in [5.41, 5.74) is 3.38. The lowest BCUT2D eigenvalue weighted by Crippen LogP contribution is -2.32. The Morgan fingerprint density at radius 1 is 1.00 bits per heavy atom. The maximum atomic E-state index is 12.6. The van der Waals surface area contributed by atoms with Crippen LogP contribution in [0.25, 0.3) is 0 Å².